The molecule has 2 saturated carbocycles. The van der Waals surface area contributed by atoms with Gasteiger partial charge in [-0.2, -0.15) is 10.5 Å². The highest BCUT2D eigenvalue weighted by Gasteiger charge is 2.35. The van der Waals surface area contributed by atoms with Crippen molar-refractivity contribution >= 4 is 11.8 Å². The van der Waals surface area contributed by atoms with Gasteiger partial charge in [-0.05, 0) is 32.6 Å². The number of amides is 2. The fourth-order valence-electron chi connectivity index (χ4n) is 5.64. The predicted octanol–water partition coefficient (Wildman–Crippen LogP) is 2.46. The van der Waals surface area contributed by atoms with Crippen molar-refractivity contribution < 1.29 is 9.59 Å². The van der Waals surface area contributed by atoms with E-state index in [1.807, 2.05) is 0 Å². The molecule has 0 bridgehead atoms. The number of hydrogen-bond donors (Lipinski definition) is 2. The van der Waals surface area contributed by atoms with Crippen LogP contribution in [0.15, 0.2) is 0 Å². The van der Waals surface area contributed by atoms with E-state index >= 15 is 0 Å². The van der Waals surface area contributed by atoms with Crippen molar-refractivity contribution in [3.05, 3.63) is 0 Å². The minimum atomic E-state index is -0.717. The molecule has 1 aliphatic heterocycles. The molecule has 33 heavy (non-hydrogen) atoms. The van der Waals surface area contributed by atoms with Gasteiger partial charge in [0.15, 0.2) is 0 Å². The Bertz CT molecular complexity index is 754. The maximum atomic E-state index is 12.8. The van der Waals surface area contributed by atoms with Gasteiger partial charge in [0.2, 0.25) is 11.8 Å². The number of nitriles is 2. The van der Waals surface area contributed by atoms with E-state index < -0.39 is 11.1 Å². The number of hydrogen-bond acceptors (Lipinski definition) is 6. The third-order valence-electron chi connectivity index (χ3n) is 7.66. The summed E-state index contributed by atoms with van der Waals surface area (Å²) in [6.07, 6.45) is 11.4. The first-order valence-corrected chi connectivity index (χ1v) is 12.8. The van der Waals surface area contributed by atoms with Gasteiger partial charge in [-0.1, -0.05) is 51.4 Å². The molecule has 8 nitrogen and oxygen atoms in total. The van der Waals surface area contributed by atoms with Crippen LogP contribution >= 0.6 is 0 Å². The van der Waals surface area contributed by atoms with E-state index in [0.717, 1.165) is 77.0 Å². The van der Waals surface area contributed by atoms with Crippen molar-refractivity contribution in [1.82, 2.24) is 20.4 Å². The molecule has 182 valence electrons. The molecule has 2 aliphatic carbocycles. The molecule has 1 atom stereocenters. The molecule has 0 aromatic heterocycles. The highest BCUT2D eigenvalue weighted by atomic mass is 16.2. The Morgan fingerprint density at radius 1 is 0.788 bits per heavy atom. The Morgan fingerprint density at radius 3 is 1.67 bits per heavy atom. The van der Waals surface area contributed by atoms with Crippen LogP contribution in [0.4, 0.5) is 0 Å². The molecule has 0 aromatic rings. The second kappa shape index (κ2) is 11.8. The molecule has 3 rings (SSSR count). The lowest BCUT2D eigenvalue weighted by molar-refractivity contribution is -0.127. The van der Waals surface area contributed by atoms with Crippen molar-refractivity contribution in [3.63, 3.8) is 0 Å². The smallest absolute Gasteiger partial charge is 0.235 e. The van der Waals surface area contributed by atoms with Crippen LogP contribution in [0.2, 0.25) is 0 Å². The van der Waals surface area contributed by atoms with Crippen LogP contribution in [0.3, 0.4) is 0 Å². The number of carbonyl (C=O) groups is 2. The summed E-state index contributed by atoms with van der Waals surface area (Å²) in [6.45, 7) is 4.74. The lowest BCUT2D eigenvalue weighted by Gasteiger charge is -2.40. The molecule has 1 saturated heterocycles. The summed E-state index contributed by atoms with van der Waals surface area (Å²) in [7, 11) is 0. The lowest BCUT2D eigenvalue weighted by atomic mass is 9.92. The molecule has 3 fully saturated rings. The van der Waals surface area contributed by atoms with Gasteiger partial charge < -0.3 is 10.6 Å². The average Bonchev–Trinajstić information content (AvgIpc) is 3.17. The molecular weight excluding hydrogens is 416 g/mol. The van der Waals surface area contributed by atoms with Gasteiger partial charge in [-0.25, -0.2) is 0 Å². The van der Waals surface area contributed by atoms with Crippen molar-refractivity contribution in [2.45, 2.75) is 101 Å². The van der Waals surface area contributed by atoms with Gasteiger partial charge in [0.05, 0.1) is 25.2 Å². The van der Waals surface area contributed by atoms with E-state index in [-0.39, 0.29) is 30.9 Å². The van der Waals surface area contributed by atoms with E-state index in [0.29, 0.717) is 19.6 Å². The molecule has 3 aliphatic rings. The highest BCUT2D eigenvalue weighted by Crippen LogP contribution is 2.27. The number of nitrogens with zero attached hydrogens (tertiary/aromatic N) is 4. The quantitative estimate of drug-likeness (QED) is 0.594. The average molecular weight is 457 g/mol. The minimum Gasteiger partial charge on any atom is -0.337 e. The predicted molar refractivity (Wildman–Crippen MR) is 126 cm³/mol. The molecule has 2 N–H and O–H groups in total. The molecule has 0 radical (unpaired) electrons. The van der Waals surface area contributed by atoms with Gasteiger partial charge in [-0.15, -0.1) is 0 Å². The van der Waals surface area contributed by atoms with Crippen molar-refractivity contribution in [1.29, 1.82) is 10.5 Å². The monoisotopic (exact) mass is 456 g/mol. The summed E-state index contributed by atoms with van der Waals surface area (Å²) in [5, 5.41) is 25.5. The molecule has 0 aromatic carbocycles. The van der Waals surface area contributed by atoms with Crippen LogP contribution < -0.4 is 10.6 Å². The highest BCUT2D eigenvalue weighted by molar-refractivity contribution is 5.80. The summed E-state index contributed by atoms with van der Waals surface area (Å²) < 4.78 is 0. The first-order chi connectivity index (χ1) is 15.9. The van der Waals surface area contributed by atoms with Crippen molar-refractivity contribution in [3.8, 4) is 12.1 Å². The van der Waals surface area contributed by atoms with E-state index in [1.165, 1.54) is 0 Å². The molecule has 0 spiro atoms. The SMILES string of the molecule is CC1CN(CC(=O)NC2(C#N)CCCCCC2)CCN1CC(=O)NC1(C#N)CCCCCC1. The van der Waals surface area contributed by atoms with E-state index in [4.69, 9.17) is 0 Å². The molecule has 8 heteroatoms. The Hall–Kier alpha value is -2.16. The molecular formula is C25H40N6O2. The Labute approximate surface area is 198 Å². The van der Waals surface area contributed by atoms with Crippen LogP contribution in [0, 0.1) is 22.7 Å². The zero-order valence-corrected chi connectivity index (χ0v) is 20.2. The minimum absolute atomic E-state index is 0.0823. The summed E-state index contributed by atoms with van der Waals surface area (Å²) >= 11 is 0. The molecule has 2 amide bonds. The summed E-state index contributed by atoms with van der Waals surface area (Å²) in [5.41, 5.74) is -1.43. The van der Waals surface area contributed by atoms with E-state index in [2.05, 4.69) is 39.5 Å². The van der Waals surface area contributed by atoms with Gasteiger partial charge >= 0.3 is 0 Å². The zero-order chi connectivity index (χ0) is 23.7. The second-order valence-electron chi connectivity index (χ2n) is 10.4. The molecule has 1 unspecified atom stereocenters. The fourth-order valence-corrected chi connectivity index (χ4v) is 5.64. The number of piperazine rings is 1. The van der Waals surface area contributed by atoms with Gasteiger partial charge in [-0.3, -0.25) is 19.4 Å². The Morgan fingerprint density at radius 2 is 1.24 bits per heavy atom. The lowest BCUT2D eigenvalue weighted by Crippen LogP contribution is -2.58. The van der Waals surface area contributed by atoms with Crippen molar-refractivity contribution in [2.24, 2.45) is 0 Å². The third kappa shape index (κ3) is 7.16. The summed E-state index contributed by atoms with van der Waals surface area (Å²) in [5.74, 6) is -0.165. The standard InChI is InChI=1S/C25H40N6O2/c1-21-16-30(17-22(32)28-24(19-26)10-6-2-3-7-11-24)14-15-31(21)18-23(33)29-25(20-27)12-8-4-5-9-13-25/h21H,2-18H2,1H3,(H,28,32)(H,29,33). The van der Waals surface area contributed by atoms with Gasteiger partial charge in [0.1, 0.15) is 11.1 Å². The fraction of sp³-hybridized carbons (Fsp3) is 0.840. The van der Waals surface area contributed by atoms with Crippen LogP contribution in [-0.2, 0) is 9.59 Å². The number of carbonyl (C=O) groups excluding carboxylic acids is 2. The summed E-state index contributed by atoms with van der Waals surface area (Å²) in [4.78, 5) is 29.7. The zero-order valence-electron chi connectivity index (χ0n) is 20.2. The number of rotatable bonds is 6. The first kappa shape index (κ1) is 25.5. The third-order valence-corrected chi connectivity index (χ3v) is 7.66. The van der Waals surface area contributed by atoms with Gasteiger partial charge in [0.25, 0.3) is 0 Å². The maximum Gasteiger partial charge on any atom is 0.235 e. The Kier molecular flexibility index (Phi) is 9.11. The summed E-state index contributed by atoms with van der Waals surface area (Å²) in [6, 6.07) is 4.90. The van der Waals surface area contributed by atoms with E-state index in [1.54, 1.807) is 0 Å². The number of nitrogens with one attached hydrogen (secondary N) is 2. The van der Waals surface area contributed by atoms with Crippen molar-refractivity contribution in [2.75, 3.05) is 32.7 Å². The largest absolute Gasteiger partial charge is 0.337 e. The van der Waals surface area contributed by atoms with Crippen LogP contribution in [0.25, 0.3) is 0 Å². The van der Waals surface area contributed by atoms with Crippen LogP contribution in [0.5, 0.6) is 0 Å². The van der Waals surface area contributed by atoms with Crippen LogP contribution in [0.1, 0.15) is 84.0 Å². The second-order valence-corrected chi connectivity index (χ2v) is 10.4. The first-order valence-electron chi connectivity index (χ1n) is 12.8. The van der Waals surface area contributed by atoms with E-state index in [9.17, 15) is 20.1 Å². The maximum absolute atomic E-state index is 12.8. The van der Waals surface area contributed by atoms with Gasteiger partial charge in [0, 0.05) is 25.7 Å². The van der Waals surface area contributed by atoms with Crippen LogP contribution in [-0.4, -0.2) is 71.5 Å². The topological polar surface area (TPSA) is 112 Å². The molecule has 1 heterocycles. The normalized spacial score (nSPS) is 26.1. The Balaban J connectivity index is 1.46.